The van der Waals surface area contributed by atoms with Crippen LogP contribution in [-0.4, -0.2) is 35.5 Å². The molecule has 1 fully saturated rings. The average molecular weight is 335 g/mol. The van der Waals surface area contributed by atoms with Crippen molar-refractivity contribution in [2.75, 3.05) is 7.11 Å². The van der Waals surface area contributed by atoms with Gasteiger partial charge < -0.3 is 4.74 Å². The number of benzene rings is 1. The predicted octanol–water partition coefficient (Wildman–Crippen LogP) is 1.97. The smallest absolute Gasteiger partial charge is 0.333 e. The Morgan fingerprint density at radius 3 is 2.45 bits per heavy atom. The van der Waals surface area contributed by atoms with Gasteiger partial charge in [-0.25, -0.2) is 0 Å². The van der Waals surface area contributed by atoms with Gasteiger partial charge in [-0.05, 0) is 17.2 Å². The van der Waals surface area contributed by atoms with Crippen molar-refractivity contribution in [3.63, 3.8) is 0 Å². The van der Waals surface area contributed by atoms with E-state index >= 15 is 0 Å². The normalized spacial score (nSPS) is 28.4. The van der Waals surface area contributed by atoms with Gasteiger partial charge in [0.25, 0.3) is 0 Å². The Labute approximate surface area is 129 Å². The summed E-state index contributed by atoms with van der Waals surface area (Å²) in [5.74, 6) is -3.04. The number of carbonyl (C=O) groups excluding carboxylic acids is 1. The Hall–Kier alpha value is -1.80. The zero-order chi connectivity index (χ0) is 16.5. The van der Waals surface area contributed by atoms with Gasteiger partial charge >= 0.3 is 11.4 Å². The van der Waals surface area contributed by atoms with Crippen LogP contribution in [0.4, 0.5) is 8.78 Å². The van der Waals surface area contributed by atoms with Gasteiger partial charge in [-0.15, -0.1) is 0 Å². The van der Waals surface area contributed by atoms with Crippen LogP contribution in [0.1, 0.15) is 11.6 Å². The summed E-state index contributed by atoms with van der Waals surface area (Å²) in [4.78, 5) is 22.2. The van der Waals surface area contributed by atoms with Crippen LogP contribution in [0.15, 0.2) is 30.3 Å². The third kappa shape index (κ3) is 3.02. The van der Waals surface area contributed by atoms with Gasteiger partial charge in [0.1, 0.15) is 18.0 Å². The summed E-state index contributed by atoms with van der Waals surface area (Å²) in [6.45, 7) is 0. The fourth-order valence-corrected chi connectivity index (χ4v) is 2.99. The van der Waals surface area contributed by atoms with E-state index in [9.17, 15) is 23.7 Å². The molecular formula is C13H13ClF2N2O4. The van der Waals surface area contributed by atoms with Gasteiger partial charge in [0.05, 0.1) is 7.11 Å². The van der Waals surface area contributed by atoms with Gasteiger partial charge in [-0.2, -0.15) is 8.78 Å². The molecule has 1 aliphatic rings. The van der Waals surface area contributed by atoms with Crippen molar-refractivity contribution < 1.29 is 23.2 Å². The fourth-order valence-electron chi connectivity index (χ4n) is 2.73. The van der Waals surface area contributed by atoms with Crippen molar-refractivity contribution in [2.45, 2.75) is 23.5 Å². The molecule has 4 atom stereocenters. The summed E-state index contributed by atoms with van der Waals surface area (Å²) in [5, 5.41) is 9.95. The first-order valence-corrected chi connectivity index (χ1v) is 6.74. The minimum Gasteiger partial charge on any atom is -0.468 e. The average Bonchev–Trinajstić information content (AvgIpc) is 2.88. The molecule has 1 N–H and O–H groups in total. The van der Waals surface area contributed by atoms with Gasteiger partial charge in [0.15, 0.2) is 0 Å². The molecule has 0 aromatic heterocycles. The lowest BCUT2D eigenvalue weighted by Crippen LogP contribution is -2.45. The molecule has 1 heterocycles. The monoisotopic (exact) mass is 334 g/mol. The standard InChI is InChI=1S/C13H13ClF2N2O4/c1-22-12(19)10-8(13(14,15)16)11(18(20)21)9(17-10)7-5-3-2-4-6-7/h2-6,8-11,17H,1H3/t8-,9-,10-,11+/m1/s1. The number of nitrogens with one attached hydrogen (secondary N) is 1. The molecule has 1 aromatic carbocycles. The number of nitrogens with zero attached hydrogens (tertiary/aromatic N) is 1. The number of hydrogen-bond acceptors (Lipinski definition) is 5. The van der Waals surface area contributed by atoms with Crippen molar-refractivity contribution >= 4 is 17.6 Å². The second kappa shape index (κ2) is 6.13. The van der Waals surface area contributed by atoms with E-state index in [2.05, 4.69) is 10.1 Å². The zero-order valence-electron chi connectivity index (χ0n) is 11.4. The van der Waals surface area contributed by atoms with E-state index in [1.807, 2.05) is 0 Å². The van der Waals surface area contributed by atoms with Crippen LogP contribution in [0.3, 0.4) is 0 Å². The summed E-state index contributed by atoms with van der Waals surface area (Å²) in [6.07, 6.45) is 0. The third-order valence-electron chi connectivity index (χ3n) is 3.66. The van der Waals surface area contributed by atoms with E-state index in [1.165, 1.54) is 0 Å². The Morgan fingerprint density at radius 2 is 2.00 bits per heavy atom. The molecule has 0 spiro atoms. The van der Waals surface area contributed by atoms with Crippen molar-refractivity contribution in [3.05, 3.63) is 46.0 Å². The zero-order valence-corrected chi connectivity index (χ0v) is 12.2. The van der Waals surface area contributed by atoms with Crippen LogP contribution >= 0.6 is 11.6 Å². The maximum Gasteiger partial charge on any atom is 0.333 e. The van der Waals surface area contributed by atoms with Gasteiger partial charge in [-0.3, -0.25) is 20.2 Å². The Balaban J connectivity index is 2.48. The van der Waals surface area contributed by atoms with Gasteiger partial charge in [0.2, 0.25) is 6.04 Å². The van der Waals surface area contributed by atoms with Crippen molar-refractivity contribution in [3.8, 4) is 0 Å². The lowest BCUT2D eigenvalue weighted by Gasteiger charge is -2.22. The molecule has 1 aromatic rings. The highest BCUT2D eigenvalue weighted by atomic mass is 35.5. The number of nitro groups is 1. The molecule has 0 aliphatic carbocycles. The summed E-state index contributed by atoms with van der Waals surface area (Å²) >= 11 is 5.04. The van der Waals surface area contributed by atoms with E-state index in [-0.39, 0.29) is 0 Å². The Kier molecular flexibility index (Phi) is 4.62. The predicted molar refractivity (Wildman–Crippen MR) is 73.2 cm³/mol. The van der Waals surface area contributed by atoms with Crippen LogP contribution in [0.2, 0.25) is 0 Å². The molecule has 9 heteroatoms. The summed E-state index contributed by atoms with van der Waals surface area (Å²) < 4.78 is 31.8. The molecule has 1 saturated heterocycles. The van der Waals surface area contributed by atoms with E-state index < -0.39 is 40.3 Å². The number of alkyl halides is 3. The van der Waals surface area contributed by atoms with Crippen LogP contribution in [0.5, 0.6) is 0 Å². The summed E-state index contributed by atoms with van der Waals surface area (Å²) in [5.41, 5.74) is 0.418. The minimum absolute atomic E-state index is 0.418. The molecule has 0 amide bonds. The van der Waals surface area contributed by atoms with Crippen LogP contribution in [0.25, 0.3) is 0 Å². The molecular weight excluding hydrogens is 322 g/mol. The maximum atomic E-state index is 13.7. The molecule has 22 heavy (non-hydrogen) atoms. The highest BCUT2D eigenvalue weighted by Crippen LogP contribution is 2.44. The SMILES string of the molecule is COC(=O)[C@@H]1N[C@H](c2ccccc2)[C@@H]([N+](=O)[O-])[C@@H]1C(F)(F)Cl. The molecule has 6 nitrogen and oxygen atoms in total. The third-order valence-corrected chi connectivity index (χ3v) is 3.91. The number of ether oxygens (including phenoxy) is 1. The summed E-state index contributed by atoms with van der Waals surface area (Å²) in [6, 6.07) is 3.62. The molecule has 0 saturated carbocycles. The molecule has 2 rings (SSSR count). The first-order valence-electron chi connectivity index (χ1n) is 6.36. The van der Waals surface area contributed by atoms with E-state index in [1.54, 1.807) is 30.3 Å². The van der Waals surface area contributed by atoms with Crippen molar-refractivity contribution in [1.29, 1.82) is 0 Å². The number of halogens is 3. The van der Waals surface area contributed by atoms with E-state index in [0.717, 1.165) is 7.11 Å². The van der Waals surface area contributed by atoms with Gasteiger partial charge in [0, 0.05) is 4.92 Å². The van der Waals surface area contributed by atoms with Gasteiger partial charge in [-0.1, -0.05) is 30.3 Å². The fraction of sp³-hybridized carbons (Fsp3) is 0.462. The number of hydrogen-bond donors (Lipinski definition) is 1. The number of rotatable bonds is 4. The maximum absolute atomic E-state index is 13.7. The highest BCUT2D eigenvalue weighted by Gasteiger charge is 2.63. The lowest BCUT2D eigenvalue weighted by atomic mass is 9.91. The first kappa shape index (κ1) is 16.6. The Bertz CT molecular complexity index is 567. The molecule has 0 bridgehead atoms. The molecule has 120 valence electrons. The molecule has 0 radical (unpaired) electrons. The molecule has 1 aliphatic heterocycles. The highest BCUT2D eigenvalue weighted by molar-refractivity contribution is 6.22. The van der Waals surface area contributed by atoms with E-state index in [0.29, 0.717) is 5.56 Å². The minimum atomic E-state index is -3.94. The summed E-state index contributed by atoms with van der Waals surface area (Å²) in [7, 11) is 1.02. The number of esters is 1. The van der Waals surface area contributed by atoms with Crippen LogP contribution < -0.4 is 5.32 Å². The largest absolute Gasteiger partial charge is 0.468 e. The van der Waals surface area contributed by atoms with Crippen LogP contribution in [0, 0.1) is 16.0 Å². The lowest BCUT2D eigenvalue weighted by molar-refractivity contribution is -0.536. The number of methoxy groups -OCH3 is 1. The Morgan fingerprint density at radius 1 is 1.41 bits per heavy atom. The quantitative estimate of drug-likeness (QED) is 0.394. The number of carbonyl (C=O) groups is 1. The van der Waals surface area contributed by atoms with Crippen molar-refractivity contribution in [1.82, 2.24) is 5.32 Å². The van der Waals surface area contributed by atoms with Crippen LogP contribution in [-0.2, 0) is 9.53 Å². The second-order valence-electron chi connectivity index (χ2n) is 4.90. The first-order chi connectivity index (χ1) is 10.3. The second-order valence-corrected chi connectivity index (χ2v) is 5.40. The van der Waals surface area contributed by atoms with E-state index in [4.69, 9.17) is 11.6 Å². The molecule has 0 unspecified atom stereocenters. The van der Waals surface area contributed by atoms with Crippen molar-refractivity contribution in [2.24, 2.45) is 5.92 Å². The topological polar surface area (TPSA) is 81.5 Å².